The first-order valence-corrected chi connectivity index (χ1v) is 7.48. The molecule has 1 atom stereocenters. The number of aliphatic hydroxyl groups excluding tert-OH is 1. The number of rotatable bonds is 5. The second-order valence-corrected chi connectivity index (χ2v) is 5.75. The van der Waals surface area contributed by atoms with Crippen molar-refractivity contribution < 1.29 is 22.7 Å². The molecular formula is C15H18F3N3O2. The molecule has 0 spiro atoms. The lowest BCUT2D eigenvalue weighted by atomic mass is 9.99. The average molecular weight is 329 g/mol. The van der Waals surface area contributed by atoms with Crippen molar-refractivity contribution in [3.8, 4) is 0 Å². The molecule has 2 aromatic heterocycles. The molecule has 3 rings (SSSR count). The van der Waals surface area contributed by atoms with Crippen LogP contribution in [0.3, 0.4) is 0 Å². The molecule has 23 heavy (non-hydrogen) atoms. The van der Waals surface area contributed by atoms with Crippen LogP contribution in [0, 0.1) is 5.92 Å². The van der Waals surface area contributed by atoms with E-state index in [0.29, 0.717) is 37.6 Å². The molecule has 0 radical (unpaired) electrons. The van der Waals surface area contributed by atoms with Gasteiger partial charge in [-0.3, -0.25) is 0 Å². The fourth-order valence-electron chi connectivity index (χ4n) is 2.82. The van der Waals surface area contributed by atoms with Gasteiger partial charge in [-0.05, 0) is 24.5 Å². The first-order chi connectivity index (χ1) is 11.0. The molecule has 126 valence electrons. The number of nitrogens with zero attached hydrogens (tertiary/aromatic N) is 2. The van der Waals surface area contributed by atoms with Crippen LogP contribution in [-0.2, 0) is 32.3 Å². The highest BCUT2D eigenvalue weighted by atomic mass is 19.4. The van der Waals surface area contributed by atoms with Crippen molar-refractivity contribution in [1.29, 1.82) is 0 Å². The first-order valence-electron chi connectivity index (χ1n) is 7.48. The highest BCUT2D eigenvalue weighted by molar-refractivity contribution is 5.10. The maximum absolute atomic E-state index is 12.7. The van der Waals surface area contributed by atoms with E-state index >= 15 is 0 Å². The number of halogens is 3. The summed E-state index contributed by atoms with van der Waals surface area (Å²) in [5.74, 6) is 2.01. The maximum atomic E-state index is 12.7. The molecule has 0 saturated carbocycles. The minimum absolute atomic E-state index is 0.131. The Labute approximate surface area is 131 Å². The quantitative estimate of drug-likeness (QED) is 0.884. The van der Waals surface area contributed by atoms with Crippen LogP contribution in [0.25, 0.3) is 0 Å². The Morgan fingerprint density at radius 1 is 1.35 bits per heavy atom. The smallest absolute Gasteiger partial charge is 0.434 e. The standard InChI is InChI=1S/C15H18F3N3O2/c16-15(17,18)13-8-21-7-10(1-4-14(21)20-13)5-19-6-11-2-3-12(9-22)23-11/h2-3,8,10,19,22H,1,4-7,9H2/t10-/m0/s1. The van der Waals surface area contributed by atoms with Crippen LogP contribution >= 0.6 is 0 Å². The summed E-state index contributed by atoms with van der Waals surface area (Å²) in [6.45, 7) is 1.62. The minimum Gasteiger partial charge on any atom is -0.462 e. The van der Waals surface area contributed by atoms with E-state index in [4.69, 9.17) is 9.52 Å². The van der Waals surface area contributed by atoms with Gasteiger partial charge < -0.3 is 19.4 Å². The van der Waals surface area contributed by atoms with Crippen LogP contribution in [-0.4, -0.2) is 21.2 Å². The molecule has 0 bridgehead atoms. The van der Waals surface area contributed by atoms with E-state index in [0.717, 1.165) is 18.4 Å². The Morgan fingerprint density at radius 2 is 2.13 bits per heavy atom. The summed E-state index contributed by atoms with van der Waals surface area (Å²) in [7, 11) is 0. The van der Waals surface area contributed by atoms with Crippen LogP contribution in [0.4, 0.5) is 13.2 Å². The zero-order valence-electron chi connectivity index (χ0n) is 12.4. The predicted octanol–water partition coefficient (Wildman–Crippen LogP) is 2.34. The molecule has 2 N–H and O–H groups in total. The molecule has 0 aromatic carbocycles. The second-order valence-electron chi connectivity index (χ2n) is 5.75. The van der Waals surface area contributed by atoms with E-state index in [1.54, 1.807) is 16.7 Å². The van der Waals surface area contributed by atoms with Gasteiger partial charge in [-0.1, -0.05) is 0 Å². The van der Waals surface area contributed by atoms with Crippen molar-refractivity contribution in [2.45, 2.75) is 38.7 Å². The van der Waals surface area contributed by atoms with Crippen LogP contribution in [0.15, 0.2) is 22.7 Å². The van der Waals surface area contributed by atoms with Crippen LogP contribution in [0.2, 0.25) is 0 Å². The molecular weight excluding hydrogens is 311 g/mol. The third-order valence-electron chi connectivity index (χ3n) is 3.99. The number of aryl methyl sites for hydroxylation is 1. The molecule has 1 aliphatic rings. The molecule has 3 heterocycles. The van der Waals surface area contributed by atoms with Gasteiger partial charge in [0, 0.05) is 25.7 Å². The zero-order chi connectivity index (χ0) is 16.4. The molecule has 0 unspecified atom stereocenters. The topological polar surface area (TPSA) is 63.2 Å². The van der Waals surface area contributed by atoms with Crippen molar-refractivity contribution >= 4 is 0 Å². The van der Waals surface area contributed by atoms with Gasteiger partial charge in [-0.15, -0.1) is 0 Å². The van der Waals surface area contributed by atoms with E-state index in [-0.39, 0.29) is 12.5 Å². The Hall–Kier alpha value is -1.80. The normalized spacial score (nSPS) is 18.2. The third kappa shape index (κ3) is 3.76. The second kappa shape index (κ2) is 6.37. The van der Waals surface area contributed by atoms with Crippen molar-refractivity contribution in [2.24, 2.45) is 5.92 Å². The summed E-state index contributed by atoms with van der Waals surface area (Å²) in [4.78, 5) is 3.68. The number of hydrogen-bond donors (Lipinski definition) is 2. The fourth-order valence-corrected chi connectivity index (χ4v) is 2.82. The van der Waals surface area contributed by atoms with Gasteiger partial charge in [-0.2, -0.15) is 13.2 Å². The lowest BCUT2D eigenvalue weighted by Crippen LogP contribution is -2.29. The number of imidazole rings is 1. The van der Waals surface area contributed by atoms with Gasteiger partial charge in [0.2, 0.25) is 0 Å². The summed E-state index contributed by atoms with van der Waals surface area (Å²) >= 11 is 0. The SMILES string of the molecule is OCc1ccc(CNC[C@@H]2CCc3nc(C(F)(F)F)cn3C2)o1. The van der Waals surface area contributed by atoms with Gasteiger partial charge in [0.05, 0.1) is 6.54 Å². The van der Waals surface area contributed by atoms with E-state index in [2.05, 4.69) is 10.3 Å². The summed E-state index contributed by atoms with van der Waals surface area (Å²) in [6, 6.07) is 3.51. The molecule has 0 saturated heterocycles. The van der Waals surface area contributed by atoms with Crippen LogP contribution < -0.4 is 5.32 Å². The Balaban J connectivity index is 1.52. The van der Waals surface area contributed by atoms with E-state index in [1.165, 1.54) is 0 Å². The summed E-state index contributed by atoms with van der Waals surface area (Å²) in [5.41, 5.74) is -0.812. The molecule has 0 amide bonds. The number of aromatic nitrogens is 2. The number of hydrogen-bond acceptors (Lipinski definition) is 4. The number of fused-ring (bicyclic) bond motifs is 1. The van der Waals surface area contributed by atoms with Crippen molar-refractivity contribution in [3.63, 3.8) is 0 Å². The van der Waals surface area contributed by atoms with E-state index in [1.807, 2.05) is 0 Å². The molecule has 0 aliphatic carbocycles. The van der Waals surface area contributed by atoms with Crippen molar-refractivity contribution in [1.82, 2.24) is 14.9 Å². The number of nitrogens with one attached hydrogen (secondary N) is 1. The monoisotopic (exact) mass is 329 g/mol. The van der Waals surface area contributed by atoms with Gasteiger partial charge >= 0.3 is 6.18 Å². The van der Waals surface area contributed by atoms with E-state index < -0.39 is 11.9 Å². The van der Waals surface area contributed by atoms with Crippen molar-refractivity contribution in [3.05, 3.63) is 41.4 Å². The predicted molar refractivity (Wildman–Crippen MR) is 75.4 cm³/mol. The fraction of sp³-hybridized carbons (Fsp3) is 0.533. The Morgan fingerprint density at radius 3 is 2.83 bits per heavy atom. The van der Waals surface area contributed by atoms with Crippen LogP contribution in [0.5, 0.6) is 0 Å². The van der Waals surface area contributed by atoms with Gasteiger partial charge in [0.15, 0.2) is 5.69 Å². The molecule has 8 heteroatoms. The minimum atomic E-state index is -4.39. The molecule has 0 fully saturated rings. The Kier molecular flexibility index (Phi) is 4.45. The van der Waals surface area contributed by atoms with Gasteiger partial charge in [0.25, 0.3) is 0 Å². The largest absolute Gasteiger partial charge is 0.462 e. The molecule has 1 aliphatic heterocycles. The first kappa shape index (κ1) is 16.1. The highest BCUT2D eigenvalue weighted by Gasteiger charge is 2.35. The number of alkyl halides is 3. The Bertz CT molecular complexity index is 663. The summed E-state index contributed by atoms with van der Waals surface area (Å²) in [6.07, 6.45) is -1.93. The maximum Gasteiger partial charge on any atom is 0.434 e. The highest BCUT2D eigenvalue weighted by Crippen LogP contribution is 2.30. The molecule has 2 aromatic rings. The number of furan rings is 1. The zero-order valence-corrected chi connectivity index (χ0v) is 12.4. The summed E-state index contributed by atoms with van der Waals surface area (Å²) < 4.78 is 45.0. The third-order valence-corrected chi connectivity index (χ3v) is 3.99. The lowest BCUT2D eigenvalue weighted by molar-refractivity contribution is -0.141. The van der Waals surface area contributed by atoms with E-state index in [9.17, 15) is 13.2 Å². The lowest BCUT2D eigenvalue weighted by Gasteiger charge is -2.23. The number of aliphatic hydroxyl groups is 1. The van der Waals surface area contributed by atoms with Gasteiger partial charge in [0.1, 0.15) is 24.0 Å². The van der Waals surface area contributed by atoms with Gasteiger partial charge in [-0.25, -0.2) is 4.98 Å². The van der Waals surface area contributed by atoms with Crippen molar-refractivity contribution in [2.75, 3.05) is 6.54 Å². The van der Waals surface area contributed by atoms with Crippen LogP contribution in [0.1, 0.15) is 29.5 Å². The average Bonchev–Trinajstić information content (AvgIpc) is 3.12. The summed E-state index contributed by atoms with van der Waals surface area (Å²) in [5, 5.41) is 12.2. The molecule has 5 nitrogen and oxygen atoms in total.